The first-order valence-corrected chi connectivity index (χ1v) is 10.7. The number of nitrogens with one attached hydrogen (secondary N) is 1. The molecule has 0 aromatic heterocycles. The van der Waals surface area contributed by atoms with E-state index in [0.29, 0.717) is 22.3 Å². The number of amides is 2. The Morgan fingerprint density at radius 3 is 2.30 bits per heavy atom. The molecule has 0 aliphatic carbocycles. The molecule has 0 radical (unpaired) electrons. The molecule has 2 aliphatic heterocycles. The Morgan fingerprint density at radius 1 is 1.03 bits per heavy atom. The van der Waals surface area contributed by atoms with Crippen LogP contribution in [0.15, 0.2) is 42.5 Å². The van der Waals surface area contributed by atoms with Crippen LogP contribution in [0, 0.1) is 0 Å². The van der Waals surface area contributed by atoms with Crippen molar-refractivity contribution in [2.24, 2.45) is 0 Å². The zero-order valence-electron chi connectivity index (χ0n) is 16.2. The summed E-state index contributed by atoms with van der Waals surface area (Å²) in [6, 6.07) is 12.0. The molecule has 2 N–H and O–H groups in total. The van der Waals surface area contributed by atoms with E-state index >= 15 is 0 Å². The van der Waals surface area contributed by atoms with Gasteiger partial charge in [-0.05, 0) is 54.8 Å². The molecule has 2 amide bonds. The third-order valence-electron chi connectivity index (χ3n) is 5.76. The number of carbonyl (C=O) groups excluding carboxylic acids is 1. The molecule has 2 aromatic carbocycles. The van der Waals surface area contributed by atoms with Crippen molar-refractivity contribution in [1.29, 1.82) is 0 Å². The highest BCUT2D eigenvalue weighted by molar-refractivity contribution is 6.42. The number of halogens is 2. The van der Waals surface area contributed by atoms with Gasteiger partial charge in [0.2, 0.25) is 0 Å². The first kappa shape index (κ1) is 20.8. The zero-order chi connectivity index (χ0) is 21.3. The third kappa shape index (κ3) is 4.50. The summed E-state index contributed by atoms with van der Waals surface area (Å²) in [6.07, 6.45) is 3.46. The largest absolute Gasteiger partial charge is 0.490 e. The summed E-state index contributed by atoms with van der Waals surface area (Å²) in [5, 5.41) is 12.9. The van der Waals surface area contributed by atoms with Crippen molar-refractivity contribution in [2.75, 3.05) is 0 Å². The molecule has 158 valence electrons. The van der Waals surface area contributed by atoms with Crippen molar-refractivity contribution >= 4 is 35.2 Å². The molecule has 0 spiro atoms. The number of aromatic carboxylic acids is 1. The minimum absolute atomic E-state index is 0.0114. The van der Waals surface area contributed by atoms with E-state index < -0.39 is 5.97 Å². The van der Waals surface area contributed by atoms with Crippen LogP contribution >= 0.6 is 23.2 Å². The molecular formula is C22H22Cl2N2O4. The van der Waals surface area contributed by atoms with E-state index in [4.69, 9.17) is 33.0 Å². The number of urea groups is 1. The lowest BCUT2D eigenvalue weighted by atomic mass is 10.00. The maximum Gasteiger partial charge on any atom is 0.335 e. The summed E-state index contributed by atoms with van der Waals surface area (Å²) in [5.74, 6) is -0.304. The van der Waals surface area contributed by atoms with Gasteiger partial charge in [-0.15, -0.1) is 0 Å². The van der Waals surface area contributed by atoms with Gasteiger partial charge in [0.05, 0.1) is 15.6 Å². The molecule has 2 heterocycles. The Balaban J connectivity index is 1.33. The Morgan fingerprint density at radius 2 is 1.70 bits per heavy atom. The number of hydrogen-bond donors (Lipinski definition) is 2. The zero-order valence-corrected chi connectivity index (χ0v) is 17.7. The first-order chi connectivity index (χ1) is 14.4. The van der Waals surface area contributed by atoms with Gasteiger partial charge in [-0.3, -0.25) is 0 Å². The standard InChI is InChI=1S/C22H22Cl2N2O4/c23-19-8-1-13(9-20(19)24)12-25-22(29)26-15-4-5-16(26)11-18(10-15)30-17-6-2-14(3-7-17)21(27)28/h1-3,6-9,15-16,18H,4-5,10-12H2,(H,25,29)(H,27,28). The molecule has 0 saturated carbocycles. The van der Waals surface area contributed by atoms with Crippen molar-refractivity contribution in [3.8, 4) is 5.75 Å². The summed E-state index contributed by atoms with van der Waals surface area (Å²) < 4.78 is 6.07. The monoisotopic (exact) mass is 448 g/mol. The predicted molar refractivity (Wildman–Crippen MR) is 114 cm³/mol. The summed E-state index contributed by atoms with van der Waals surface area (Å²) in [7, 11) is 0. The van der Waals surface area contributed by atoms with E-state index in [1.54, 1.807) is 24.3 Å². The molecule has 2 aromatic rings. The van der Waals surface area contributed by atoms with Crippen LogP contribution in [0.5, 0.6) is 5.75 Å². The fourth-order valence-electron chi connectivity index (χ4n) is 4.34. The summed E-state index contributed by atoms with van der Waals surface area (Å²) in [4.78, 5) is 25.7. The van der Waals surface area contributed by atoms with Crippen molar-refractivity contribution in [3.05, 3.63) is 63.6 Å². The van der Waals surface area contributed by atoms with Gasteiger partial charge < -0.3 is 20.1 Å². The van der Waals surface area contributed by atoms with E-state index in [2.05, 4.69) is 5.32 Å². The second-order valence-electron chi connectivity index (χ2n) is 7.74. The average molecular weight is 449 g/mol. The smallest absolute Gasteiger partial charge is 0.335 e. The molecule has 2 atom stereocenters. The number of rotatable bonds is 5. The van der Waals surface area contributed by atoms with Crippen LogP contribution in [-0.4, -0.2) is 40.2 Å². The molecule has 2 unspecified atom stereocenters. The first-order valence-electron chi connectivity index (χ1n) is 9.91. The molecule has 2 saturated heterocycles. The second-order valence-corrected chi connectivity index (χ2v) is 8.55. The van der Waals surface area contributed by atoms with Crippen molar-refractivity contribution in [2.45, 2.75) is 50.4 Å². The summed E-state index contributed by atoms with van der Waals surface area (Å²) >= 11 is 12.0. The molecule has 2 fully saturated rings. The molecule has 30 heavy (non-hydrogen) atoms. The van der Waals surface area contributed by atoms with E-state index in [0.717, 1.165) is 31.2 Å². The minimum atomic E-state index is -0.959. The number of benzene rings is 2. The van der Waals surface area contributed by atoms with Gasteiger partial charge in [0.15, 0.2) is 0 Å². The lowest BCUT2D eigenvalue weighted by Gasteiger charge is -2.38. The minimum Gasteiger partial charge on any atom is -0.490 e. The van der Waals surface area contributed by atoms with Crippen LogP contribution in [-0.2, 0) is 6.54 Å². The van der Waals surface area contributed by atoms with Gasteiger partial charge in [-0.2, -0.15) is 0 Å². The van der Waals surface area contributed by atoms with Gasteiger partial charge in [-0.1, -0.05) is 29.3 Å². The SMILES string of the molecule is O=C(O)c1ccc(OC2CC3CCC(C2)N3C(=O)NCc2ccc(Cl)c(Cl)c2)cc1. The second kappa shape index (κ2) is 8.74. The van der Waals surface area contributed by atoms with Gasteiger partial charge >= 0.3 is 12.0 Å². The highest BCUT2D eigenvalue weighted by Gasteiger charge is 2.44. The topological polar surface area (TPSA) is 78.9 Å². The highest BCUT2D eigenvalue weighted by Crippen LogP contribution is 2.37. The van der Waals surface area contributed by atoms with Crippen LogP contribution in [0.1, 0.15) is 41.6 Å². The predicted octanol–water partition coefficient (Wildman–Crippen LogP) is 4.98. The molecular weight excluding hydrogens is 427 g/mol. The maximum absolute atomic E-state index is 12.8. The average Bonchev–Trinajstić information content (AvgIpc) is 3.00. The van der Waals surface area contributed by atoms with Crippen molar-refractivity contribution in [1.82, 2.24) is 10.2 Å². The van der Waals surface area contributed by atoms with Gasteiger partial charge in [0.1, 0.15) is 11.9 Å². The molecule has 4 rings (SSSR count). The Hall–Kier alpha value is -2.44. The number of fused-ring (bicyclic) bond motifs is 2. The van der Waals surface area contributed by atoms with Gasteiger partial charge in [0.25, 0.3) is 0 Å². The Labute approximate surface area is 184 Å². The maximum atomic E-state index is 12.8. The highest BCUT2D eigenvalue weighted by atomic mass is 35.5. The van der Waals surface area contributed by atoms with E-state index in [-0.39, 0.29) is 29.8 Å². The fourth-order valence-corrected chi connectivity index (χ4v) is 4.66. The quantitative estimate of drug-likeness (QED) is 0.675. The molecule has 8 heteroatoms. The molecule has 2 aliphatic rings. The van der Waals surface area contributed by atoms with Crippen LogP contribution in [0.4, 0.5) is 4.79 Å². The lowest BCUT2D eigenvalue weighted by Crippen LogP contribution is -2.52. The normalized spacial score (nSPS) is 22.6. The van der Waals surface area contributed by atoms with Crippen LogP contribution in [0.3, 0.4) is 0 Å². The number of carboxylic acids is 1. The number of carboxylic acid groups (broad SMARTS) is 1. The number of ether oxygens (including phenoxy) is 1. The number of piperidine rings is 1. The number of carbonyl (C=O) groups is 2. The van der Waals surface area contributed by atoms with Crippen LogP contribution in [0.2, 0.25) is 10.0 Å². The van der Waals surface area contributed by atoms with Gasteiger partial charge in [-0.25, -0.2) is 9.59 Å². The number of hydrogen-bond acceptors (Lipinski definition) is 3. The van der Waals surface area contributed by atoms with Crippen LogP contribution in [0.25, 0.3) is 0 Å². The van der Waals surface area contributed by atoms with Crippen LogP contribution < -0.4 is 10.1 Å². The van der Waals surface area contributed by atoms with E-state index in [1.807, 2.05) is 11.0 Å². The summed E-state index contributed by atoms with van der Waals surface area (Å²) in [5.41, 5.74) is 1.13. The van der Waals surface area contributed by atoms with Crippen molar-refractivity contribution in [3.63, 3.8) is 0 Å². The third-order valence-corrected chi connectivity index (χ3v) is 6.50. The molecule has 6 nitrogen and oxygen atoms in total. The Kier molecular flexibility index (Phi) is 6.06. The van der Waals surface area contributed by atoms with E-state index in [1.165, 1.54) is 12.1 Å². The lowest BCUT2D eigenvalue weighted by molar-refractivity contribution is 0.0686. The fraction of sp³-hybridized carbons (Fsp3) is 0.364. The van der Waals surface area contributed by atoms with Crippen molar-refractivity contribution < 1.29 is 19.4 Å². The summed E-state index contributed by atoms with van der Waals surface area (Å²) in [6.45, 7) is 0.390. The molecule has 2 bridgehead atoms. The number of nitrogens with zero attached hydrogens (tertiary/aromatic N) is 1. The van der Waals surface area contributed by atoms with Gasteiger partial charge in [0, 0.05) is 31.5 Å². The van der Waals surface area contributed by atoms with E-state index in [9.17, 15) is 9.59 Å². The Bertz CT molecular complexity index is 937.